The summed E-state index contributed by atoms with van der Waals surface area (Å²) in [7, 11) is 1.64. The summed E-state index contributed by atoms with van der Waals surface area (Å²) in [6.07, 6.45) is 3.63. The fraction of sp³-hybridized carbons (Fsp3) is 0.120. The number of aromatic nitrogens is 2. The molecule has 0 spiro atoms. The quantitative estimate of drug-likeness (QED) is 0.290. The Bertz CT molecular complexity index is 1250. The zero-order valence-corrected chi connectivity index (χ0v) is 19.0. The summed E-state index contributed by atoms with van der Waals surface area (Å²) in [5.74, 6) is 2.32. The SMILES string of the molecule is COc1ccc(/C=C\c2nc(-c3ccc(Cl)cc3Cl)no2)cc1COc1ccc(C)cc1. The summed E-state index contributed by atoms with van der Waals surface area (Å²) >= 11 is 12.2. The van der Waals surface area contributed by atoms with Gasteiger partial charge >= 0.3 is 0 Å². The second kappa shape index (κ2) is 9.90. The minimum absolute atomic E-state index is 0.360. The van der Waals surface area contributed by atoms with Crippen molar-refractivity contribution in [3.05, 3.63) is 93.3 Å². The van der Waals surface area contributed by atoms with E-state index in [4.69, 9.17) is 37.2 Å². The van der Waals surface area contributed by atoms with Crippen molar-refractivity contribution in [2.45, 2.75) is 13.5 Å². The standard InChI is InChI=1S/C25H20Cl2N2O3/c1-16-3-8-20(9-4-16)31-15-18-13-17(5-11-23(18)30-2)6-12-24-28-25(29-32-24)21-10-7-19(26)14-22(21)27/h3-14H,15H2,1-2H3/b12-6-. The average Bonchev–Trinajstić information content (AvgIpc) is 3.26. The first-order chi connectivity index (χ1) is 15.5. The Morgan fingerprint density at radius 3 is 2.53 bits per heavy atom. The van der Waals surface area contributed by atoms with Gasteiger partial charge in [-0.25, -0.2) is 0 Å². The normalized spacial score (nSPS) is 11.1. The van der Waals surface area contributed by atoms with Gasteiger partial charge in [-0.1, -0.05) is 52.1 Å². The first kappa shape index (κ1) is 21.9. The molecule has 32 heavy (non-hydrogen) atoms. The van der Waals surface area contributed by atoms with Crippen molar-refractivity contribution in [1.29, 1.82) is 0 Å². The number of rotatable bonds is 7. The molecule has 1 heterocycles. The third-order valence-corrected chi connectivity index (χ3v) is 5.30. The van der Waals surface area contributed by atoms with E-state index in [0.717, 1.165) is 22.6 Å². The highest BCUT2D eigenvalue weighted by Crippen LogP contribution is 2.29. The molecule has 162 valence electrons. The molecule has 0 aliphatic rings. The third kappa shape index (κ3) is 5.31. The molecule has 4 aromatic rings. The van der Waals surface area contributed by atoms with Gasteiger partial charge in [-0.15, -0.1) is 0 Å². The highest BCUT2D eigenvalue weighted by atomic mass is 35.5. The summed E-state index contributed by atoms with van der Waals surface area (Å²) < 4.78 is 16.7. The van der Waals surface area contributed by atoms with Crippen LogP contribution in [0, 0.1) is 6.92 Å². The van der Waals surface area contributed by atoms with Crippen LogP contribution in [0.15, 0.2) is 65.2 Å². The fourth-order valence-corrected chi connectivity index (χ4v) is 3.55. The van der Waals surface area contributed by atoms with E-state index < -0.39 is 0 Å². The van der Waals surface area contributed by atoms with Crippen LogP contribution in [0.4, 0.5) is 0 Å². The topological polar surface area (TPSA) is 57.4 Å². The van der Waals surface area contributed by atoms with Crippen molar-refractivity contribution in [3.63, 3.8) is 0 Å². The van der Waals surface area contributed by atoms with E-state index in [0.29, 0.717) is 33.9 Å². The summed E-state index contributed by atoms with van der Waals surface area (Å²) in [4.78, 5) is 4.38. The lowest BCUT2D eigenvalue weighted by atomic mass is 10.1. The lowest BCUT2D eigenvalue weighted by molar-refractivity contribution is 0.296. The minimum Gasteiger partial charge on any atom is -0.496 e. The first-order valence-electron chi connectivity index (χ1n) is 9.85. The zero-order chi connectivity index (χ0) is 22.5. The van der Waals surface area contributed by atoms with Crippen molar-refractivity contribution >= 4 is 35.4 Å². The zero-order valence-electron chi connectivity index (χ0n) is 17.5. The molecule has 0 unspecified atom stereocenters. The van der Waals surface area contributed by atoms with Gasteiger partial charge < -0.3 is 14.0 Å². The second-order valence-corrected chi connectivity index (χ2v) is 7.93. The molecular formula is C25H20Cl2N2O3. The number of hydrogen-bond donors (Lipinski definition) is 0. The van der Waals surface area contributed by atoms with Crippen LogP contribution in [-0.2, 0) is 6.61 Å². The molecule has 0 radical (unpaired) electrons. The molecule has 3 aromatic carbocycles. The van der Waals surface area contributed by atoms with Gasteiger partial charge in [0.1, 0.15) is 18.1 Å². The Hall–Kier alpha value is -3.28. The van der Waals surface area contributed by atoms with Crippen molar-refractivity contribution in [1.82, 2.24) is 10.1 Å². The molecule has 5 nitrogen and oxygen atoms in total. The molecule has 0 fully saturated rings. The Morgan fingerprint density at radius 1 is 0.969 bits per heavy atom. The Morgan fingerprint density at radius 2 is 1.78 bits per heavy atom. The highest BCUT2D eigenvalue weighted by Gasteiger charge is 2.11. The van der Waals surface area contributed by atoms with Gasteiger partial charge in [0.25, 0.3) is 5.89 Å². The van der Waals surface area contributed by atoms with Crippen LogP contribution in [0.3, 0.4) is 0 Å². The van der Waals surface area contributed by atoms with Gasteiger partial charge in [-0.3, -0.25) is 0 Å². The summed E-state index contributed by atoms with van der Waals surface area (Å²) in [5, 5.41) is 5.00. The van der Waals surface area contributed by atoms with E-state index in [1.807, 2.05) is 55.5 Å². The molecule has 0 atom stereocenters. The van der Waals surface area contributed by atoms with E-state index in [1.54, 1.807) is 31.4 Å². The van der Waals surface area contributed by atoms with Crippen LogP contribution in [0.25, 0.3) is 23.5 Å². The van der Waals surface area contributed by atoms with Crippen LogP contribution >= 0.6 is 23.2 Å². The number of halogens is 2. The number of benzene rings is 3. The number of hydrogen-bond acceptors (Lipinski definition) is 5. The predicted octanol–water partition coefficient (Wildman–Crippen LogP) is 7.11. The van der Waals surface area contributed by atoms with E-state index >= 15 is 0 Å². The van der Waals surface area contributed by atoms with Crippen LogP contribution in [0.2, 0.25) is 10.0 Å². The Balaban J connectivity index is 1.50. The molecule has 0 bridgehead atoms. The molecule has 0 amide bonds. The van der Waals surface area contributed by atoms with E-state index in [9.17, 15) is 0 Å². The number of methoxy groups -OCH3 is 1. The molecular weight excluding hydrogens is 447 g/mol. The number of ether oxygens (including phenoxy) is 2. The monoisotopic (exact) mass is 466 g/mol. The van der Waals surface area contributed by atoms with Crippen LogP contribution in [-0.4, -0.2) is 17.3 Å². The smallest absolute Gasteiger partial charge is 0.250 e. The molecule has 0 saturated heterocycles. The number of nitrogens with zero attached hydrogens (tertiary/aromatic N) is 2. The maximum absolute atomic E-state index is 6.23. The average molecular weight is 467 g/mol. The Labute approximate surface area is 196 Å². The lowest BCUT2D eigenvalue weighted by Gasteiger charge is -2.11. The molecule has 0 saturated carbocycles. The summed E-state index contributed by atoms with van der Waals surface area (Å²) in [5.41, 5.74) is 3.70. The van der Waals surface area contributed by atoms with E-state index in [1.165, 1.54) is 5.56 Å². The fourth-order valence-electron chi connectivity index (χ4n) is 3.06. The third-order valence-electron chi connectivity index (χ3n) is 4.75. The van der Waals surface area contributed by atoms with Gasteiger partial charge in [0, 0.05) is 22.2 Å². The van der Waals surface area contributed by atoms with Gasteiger partial charge in [-0.2, -0.15) is 4.98 Å². The molecule has 7 heteroatoms. The molecule has 4 rings (SSSR count). The molecule has 1 aromatic heterocycles. The van der Waals surface area contributed by atoms with Gasteiger partial charge in [0.15, 0.2) is 0 Å². The highest BCUT2D eigenvalue weighted by molar-refractivity contribution is 6.36. The summed E-state index contributed by atoms with van der Waals surface area (Å²) in [6.45, 7) is 2.42. The maximum atomic E-state index is 6.23. The minimum atomic E-state index is 0.360. The van der Waals surface area contributed by atoms with Crippen LogP contribution < -0.4 is 9.47 Å². The van der Waals surface area contributed by atoms with E-state index in [2.05, 4.69) is 10.1 Å². The lowest BCUT2D eigenvalue weighted by Crippen LogP contribution is -1.99. The largest absolute Gasteiger partial charge is 0.496 e. The first-order valence-corrected chi connectivity index (χ1v) is 10.6. The van der Waals surface area contributed by atoms with Crippen molar-refractivity contribution in [2.75, 3.05) is 7.11 Å². The van der Waals surface area contributed by atoms with Gasteiger partial charge in [0.05, 0.1) is 12.1 Å². The van der Waals surface area contributed by atoms with E-state index in [-0.39, 0.29) is 0 Å². The second-order valence-electron chi connectivity index (χ2n) is 7.09. The summed E-state index contributed by atoms with van der Waals surface area (Å²) in [6, 6.07) is 18.9. The van der Waals surface area contributed by atoms with Crippen LogP contribution in [0.1, 0.15) is 22.6 Å². The van der Waals surface area contributed by atoms with Crippen LogP contribution in [0.5, 0.6) is 11.5 Å². The van der Waals surface area contributed by atoms with Gasteiger partial charge in [-0.05, 0) is 61.0 Å². The van der Waals surface area contributed by atoms with Crippen molar-refractivity contribution in [3.8, 4) is 22.9 Å². The predicted molar refractivity (Wildman–Crippen MR) is 127 cm³/mol. The maximum Gasteiger partial charge on any atom is 0.250 e. The molecule has 0 N–H and O–H groups in total. The molecule has 0 aliphatic carbocycles. The Kier molecular flexibility index (Phi) is 6.78. The van der Waals surface area contributed by atoms with Crippen molar-refractivity contribution < 1.29 is 14.0 Å². The van der Waals surface area contributed by atoms with Crippen molar-refractivity contribution in [2.24, 2.45) is 0 Å². The number of aryl methyl sites for hydroxylation is 1. The van der Waals surface area contributed by atoms with Gasteiger partial charge in [0.2, 0.25) is 5.82 Å². The molecule has 0 aliphatic heterocycles.